The van der Waals surface area contributed by atoms with Crippen LogP contribution in [0.3, 0.4) is 0 Å². The normalized spacial score (nSPS) is 20.7. The largest absolute Gasteiger partial charge is 0.504 e. The summed E-state index contributed by atoms with van der Waals surface area (Å²) < 4.78 is 17.0. The standard InChI is InChI=1S/C31H32ClFN8O4/c1-17-13-39(19-4-3-5-19)8-9-41(17)25-11-24(22(32)12-35-25)37-26(42)15-40-14-21(27-30(40)36-16-38(2)31(27)45)18-6-7-23(33)28(43)20(10-18)29(34)44/h10-12,14,16-19,43H,3-5,8-9,13,15H2,1-2H3,(H2,34,44)(H,35,37,42)/t17-,18?/m0/s1. The number of rotatable bonds is 7. The number of aryl methyl sites for hydroxylation is 1. The average Bonchev–Trinajstić information content (AvgIpc) is 3.25. The summed E-state index contributed by atoms with van der Waals surface area (Å²) in [6.07, 6.45) is 9.31. The van der Waals surface area contributed by atoms with Gasteiger partial charge < -0.3 is 30.2 Å². The van der Waals surface area contributed by atoms with Crippen LogP contribution in [0, 0.1) is 11.8 Å². The highest BCUT2D eigenvalue weighted by Crippen LogP contribution is 2.32. The molecule has 0 bridgehead atoms. The van der Waals surface area contributed by atoms with E-state index in [9.17, 15) is 23.9 Å². The van der Waals surface area contributed by atoms with E-state index >= 15 is 0 Å². The van der Waals surface area contributed by atoms with Crippen LogP contribution in [-0.4, -0.2) is 72.6 Å². The molecule has 0 spiro atoms. The molecular weight excluding hydrogens is 603 g/mol. The Balaban J connectivity index is 1.27. The third-order valence-corrected chi connectivity index (χ3v) is 8.98. The minimum atomic E-state index is -1.22. The van der Waals surface area contributed by atoms with Crippen molar-refractivity contribution in [3.63, 3.8) is 0 Å². The summed E-state index contributed by atoms with van der Waals surface area (Å²) in [7, 11) is 1.51. The van der Waals surface area contributed by atoms with Gasteiger partial charge in [-0.15, -0.1) is 0 Å². The number of aliphatic hydroxyl groups is 1. The number of primary amides is 1. The van der Waals surface area contributed by atoms with Crippen LogP contribution < -0.4 is 21.5 Å². The van der Waals surface area contributed by atoms with Crippen LogP contribution in [0.15, 0.2) is 52.8 Å². The van der Waals surface area contributed by atoms with E-state index in [1.54, 1.807) is 6.07 Å². The maximum absolute atomic E-state index is 14.3. The van der Waals surface area contributed by atoms with Crippen LogP contribution in [0.2, 0.25) is 5.02 Å². The van der Waals surface area contributed by atoms with E-state index in [-0.39, 0.29) is 34.2 Å². The summed E-state index contributed by atoms with van der Waals surface area (Å²) in [5.74, 6) is 0.765. The molecule has 6 rings (SSSR count). The van der Waals surface area contributed by atoms with Gasteiger partial charge in [-0.1, -0.05) is 23.9 Å². The molecule has 2 fully saturated rings. The number of aliphatic hydroxyl groups excluding tert-OH is 1. The van der Waals surface area contributed by atoms with Crippen molar-refractivity contribution in [3.8, 4) is 11.8 Å². The Hall–Kier alpha value is -4.67. The number of amides is 2. The quantitative estimate of drug-likeness (QED) is 0.336. The van der Waals surface area contributed by atoms with E-state index in [0.29, 0.717) is 17.5 Å². The molecule has 4 N–H and O–H groups in total. The minimum absolute atomic E-state index is 0.119. The number of hydrogen-bond donors (Lipinski definition) is 3. The molecule has 0 radical (unpaired) electrons. The van der Waals surface area contributed by atoms with E-state index in [4.69, 9.17) is 17.3 Å². The smallest absolute Gasteiger partial charge is 0.262 e. The van der Waals surface area contributed by atoms with Crippen LogP contribution in [0.25, 0.3) is 11.0 Å². The highest BCUT2D eigenvalue weighted by Gasteiger charge is 2.32. The number of halogens is 2. The fourth-order valence-electron chi connectivity index (χ4n) is 6.06. The minimum Gasteiger partial charge on any atom is -0.504 e. The van der Waals surface area contributed by atoms with Crippen molar-refractivity contribution < 1.29 is 19.1 Å². The van der Waals surface area contributed by atoms with Gasteiger partial charge in [-0.3, -0.25) is 19.3 Å². The third-order valence-electron chi connectivity index (χ3n) is 8.67. The van der Waals surface area contributed by atoms with Gasteiger partial charge in [0.25, 0.3) is 11.5 Å². The second-order valence-electron chi connectivity index (χ2n) is 11.6. The number of pyridine rings is 1. The fourth-order valence-corrected chi connectivity index (χ4v) is 6.21. The van der Waals surface area contributed by atoms with Crippen LogP contribution in [0.5, 0.6) is 0 Å². The Kier molecular flexibility index (Phi) is 8.11. The predicted octanol–water partition coefficient (Wildman–Crippen LogP) is 2.74. The fraction of sp³-hybridized carbons (Fsp3) is 0.387. The molecule has 2 atom stereocenters. The molecule has 2 aliphatic carbocycles. The van der Waals surface area contributed by atoms with Crippen LogP contribution in [-0.2, 0) is 23.2 Å². The van der Waals surface area contributed by atoms with Gasteiger partial charge in [-0.25, -0.2) is 9.97 Å². The number of nitrogens with zero attached hydrogens (tertiary/aromatic N) is 6. The molecule has 12 nitrogen and oxygen atoms in total. The van der Waals surface area contributed by atoms with Crippen molar-refractivity contribution in [2.24, 2.45) is 12.8 Å². The third kappa shape index (κ3) is 5.79. The summed E-state index contributed by atoms with van der Waals surface area (Å²) in [5.41, 5.74) is 5.27. The zero-order chi connectivity index (χ0) is 32.0. The van der Waals surface area contributed by atoms with Crippen molar-refractivity contribution in [3.05, 3.63) is 69.0 Å². The number of aromatic nitrogens is 4. The Bertz CT molecular complexity index is 1900. The van der Waals surface area contributed by atoms with Gasteiger partial charge in [0.2, 0.25) is 11.7 Å². The van der Waals surface area contributed by atoms with Gasteiger partial charge in [0.15, 0.2) is 5.76 Å². The molecule has 1 saturated carbocycles. The van der Waals surface area contributed by atoms with Crippen LogP contribution in [0.4, 0.5) is 15.9 Å². The van der Waals surface area contributed by atoms with Gasteiger partial charge in [-0.2, -0.15) is 4.39 Å². The number of carbonyl (C=O) groups excluding carboxylic acids is 2. The van der Waals surface area contributed by atoms with E-state index < -0.39 is 40.5 Å². The monoisotopic (exact) mass is 634 g/mol. The van der Waals surface area contributed by atoms with E-state index in [1.807, 2.05) is 0 Å². The second kappa shape index (κ2) is 12.0. The van der Waals surface area contributed by atoms with Gasteiger partial charge in [0, 0.05) is 56.6 Å². The number of carbonyl (C=O) groups is 2. The lowest BCUT2D eigenvalue weighted by atomic mass is 9.90. The topological polar surface area (TPSA) is 152 Å². The molecular formula is C31H32ClFN8O4. The summed E-state index contributed by atoms with van der Waals surface area (Å²) in [6, 6.07) is 2.66. The Morgan fingerprint density at radius 3 is 2.73 bits per heavy atom. The molecule has 45 heavy (non-hydrogen) atoms. The number of hydrogen-bond acceptors (Lipinski definition) is 8. The molecule has 0 aromatic carbocycles. The lowest BCUT2D eigenvalue weighted by Crippen LogP contribution is -2.56. The lowest BCUT2D eigenvalue weighted by Gasteiger charge is -2.46. The molecule has 3 aromatic rings. The zero-order valence-corrected chi connectivity index (χ0v) is 25.5. The van der Waals surface area contributed by atoms with Crippen LogP contribution in [0.1, 0.15) is 37.7 Å². The SMILES string of the molecule is C[C@H]1CN(C2CCC2)CCN1c1cc(NC(=O)Cn2cc(C3C#CC(F)=C(O)C(C(N)=O)=C3)c3c(=O)n(C)cnc32)c(Cl)cn1. The van der Waals surface area contributed by atoms with Gasteiger partial charge in [0.1, 0.15) is 18.0 Å². The zero-order valence-electron chi connectivity index (χ0n) is 24.8. The Labute approximate surface area is 263 Å². The molecule has 234 valence electrons. The van der Waals surface area contributed by atoms with Crippen molar-refractivity contribution in [1.82, 2.24) is 24.0 Å². The van der Waals surface area contributed by atoms with Gasteiger partial charge in [-0.05, 0) is 31.8 Å². The van der Waals surface area contributed by atoms with Crippen molar-refractivity contribution in [2.75, 3.05) is 29.9 Å². The van der Waals surface area contributed by atoms with Gasteiger partial charge >= 0.3 is 0 Å². The van der Waals surface area contributed by atoms with E-state index in [2.05, 4.69) is 43.8 Å². The first-order valence-electron chi connectivity index (χ1n) is 14.6. The predicted molar refractivity (Wildman–Crippen MR) is 167 cm³/mol. The maximum atomic E-state index is 14.3. The van der Waals surface area contributed by atoms with Crippen molar-refractivity contribution in [1.29, 1.82) is 0 Å². The van der Waals surface area contributed by atoms with Gasteiger partial charge in [0.05, 0.1) is 40.1 Å². The molecule has 2 amide bonds. The first-order chi connectivity index (χ1) is 21.5. The summed E-state index contributed by atoms with van der Waals surface area (Å²) in [4.78, 5) is 52.2. The number of anilines is 2. The van der Waals surface area contributed by atoms with Crippen molar-refractivity contribution >= 4 is 46.0 Å². The first kappa shape index (κ1) is 30.4. The molecule has 3 aromatic heterocycles. The molecule has 1 unspecified atom stereocenters. The molecule has 1 saturated heterocycles. The summed E-state index contributed by atoms with van der Waals surface area (Å²) >= 11 is 6.45. The maximum Gasteiger partial charge on any atom is 0.262 e. The van der Waals surface area contributed by atoms with Crippen LogP contribution >= 0.6 is 11.6 Å². The Morgan fingerprint density at radius 2 is 2.04 bits per heavy atom. The number of allylic oxidation sites excluding steroid dienone is 2. The molecule has 1 aliphatic heterocycles. The van der Waals surface area contributed by atoms with E-state index in [0.717, 1.165) is 19.6 Å². The summed E-state index contributed by atoms with van der Waals surface area (Å²) in [6.45, 7) is 4.60. The molecule has 4 heterocycles. The second-order valence-corrected chi connectivity index (χ2v) is 12.0. The molecule has 3 aliphatic rings. The number of nitrogens with two attached hydrogens (primary N) is 1. The number of nitrogens with one attached hydrogen (secondary N) is 1. The van der Waals surface area contributed by atoms with Crippen molar-refractivity contribution in [2.45, 2.75) is 50.7 Å². The highest BCUT2D eigenvalue weighted by molar-refractivity contribution is 6.33. The first-order valence-corrected chi connectivity index (χ1v) is 15.0. The molecule has 14 heteroatoms. The summed E-state index contributed by atoms with van der Waals surface area (Å²) in [5, 5.41) is 13.3. The average molecular weight is 635 g/mol. The van der Waals surface area contributed by atoms with E-state index in [1.165, 1.54) is 60.2 Å². The Morgan fingerprint density at radius 1 is 1.27 bits per heavy atom. The lowest BCUT2D eigenvalue weighted by molar-refractivity contribution is -0.117. The number of fused-ring (bicyclic) bond motifs is 1. The number of piperazine rings is 1. The highest BCUT2D eigenvalue weighted by atomic mass is 35.5.